The summed E-state index contributed by atoms with van der Waals surface area (Å²) in [6.07, 6.45) is 0.845. The molecule has 0 spiro atoms. The quantitative estimate of drug-likeness (QED) is 0.884. The van der Waals surface area contributed by atoms with E-state index in [1.54, 1.807) is 18.2 Å². The molecule has 1 heterocycles. The van der Waals surface area contributed by atoms with Gasteiger partial charge in [-0.05, 0) is 29.7 Å². The normalized spacial score (nSPS) is 26.9. The molecule has 1 aliphatic heterocycles. The van der Waals surface area contributed by atoms with E-state index in [1.807, 2.05) is 11.8 Å². The summed E-state index contributed by atoms with van der Waals surface area (Å²) in [7, 11) is 0. The third-order valence-corrected chi connectivity index (χ3v) is 5.01. The fraction of sp³-hybridized carbons (Fsp3) is 0.571. The number of aliphatic hydroxyl groups excluding tert-OH is 1. The zero-order valence-corrected chi connectivity index (χ0v) is 11.7. The zero-order chi connectivity index (χ0) is 13.2. The molecule has 2 rings (SSSR count). The van der Waals surface area contributed by atoms with Crippen LogP contribution in [0.1, 0.15) is 20.3 Å². The molecule has 0 aromatic heterocycles. The second-order valence-electron chi connectivity index (χ2n) is 5.88. The Balaban J connectivity index is 2.21. The van der Waals surface area contributed by atoms with Crippen molar-refractivity contribution < 1.29 is 9.50 Å². The fourth-order valence-electron chi connectivity index (χ4n) is 2.61. The molecule has 100 valence electrons. The van der Waals surface area contributed by atoms with Crippen molar-refractivity contribution >= 4 is 17.4 Å². The summed E-state index contributed by atoms with van der Waals surface area (Å²) in [6, 6.07) is 6.64. The first-order valence-electron chi connectivity index (χ1n) is 6.18. The van der Waals surface area contributed by atoms with Crippen molar-refractivity contribution in [3.63, 3.8) is 0 Å². The van der Waals surface area contributed by atoms with Gasteiger partial charge in [0.25, 0.3) is 0 Å². The molecule has 0 radical (unpaired) electrons. The van der Waals surface area contributed by atoms with Gasteiger partial charge in [0.15, 0.2) is 0 Å². The van der Waals surface area contributed by atoms with Gasteiger partial charge in [-0.1, -0.05) is 26.0 Å². The number of para-hydroxylation sites is 1. The molecule has 2 nitrogen and oxygen atoms in total. The number of halogens is 1. The largest absolute Gasteiger partial charge is 0.394 e. The summed E-state index contributed by atoms with van der Waals surface area (Å²) in [5.41, 5.74) is 0.211. The fourth-order valence-corrected chi connectivity index (χ4v) is 4.02. The molecule has 1 fully saturated rings. The summed E-state index contributed by atoms with van der Waals surface area (Å²) in [5.74, 6) is 1.62. The van der Waals surface area contributed by atoms with Crippen LogP contribution in [0.25, 0.3) is 0 Å². The van der Waals surface area contributed by atoms with Gasteiger partial charge in [0.05, 0.1) is 17.8 Å². The second kappa shape index (κ2) is 5.10. The van der Waals surface area contributed by atoms with Crippen LogP contribution in [0.5, 0.6) is 0 Å². The van der Waals surface area contributed by atoms with Gasteiger partial charge >= 0.3 is 0 Å². The molecule has 0 saturated carbocycles. The molecule has 1 saturated heterocycles. The molecule has 0 aliphatic carbocycles. The van der Waals surface area contributed by atoms with Crippen molar-refractivity contribution in [2.24, 2.45) is 5.41 Å². The Morgan fingerprint density at radius 3 is 2.67 bits per heavy atom. The van der Waals surface area contributed by atoms with E-state index in [4.69, 9.17) is 0 Å². The van der Waals surface area contributed by atoms with E-state index < -0.39 is 5.54 Å². The summed E-state index contributed by atoms with van der Waals surface area (Å²) in [4.78, 5) is 0. The van der Waals surface area contributed by atoms with Gasteiger partial charge in [-0.2, -0.15) is 11.8 Å². The maximum Gasteiger partial charge on any atom is 0.146 e. The van der Waals surface area contributed by atoms with Crippen LogP contribution in [0.2, 0.25) is 0 Å². The van der Waals surface area contributed by atoms with Crippen molar-refractivity contribution in [3.8, 4) is 0 Å². The summed E-state index contributed by atoms with van der Waals surface area (Å²) in [6.45, 7) is 4.40. The number of hydrogen-bond donors (Lipinski definition) is 2. The van der Waals surface area contributed by atoms with Gasteiger partial charge < -0.3 is 10.4 Å². The first kappa shape index (κ1) is 13.7. The molecular weight excluding hydrogens is 249 g/mol. The minimum Gasteiger partial charge on any atom is -0.394 e. The first-order valence-corrected chi connectivity index (χ1v) is 7.33. The topological polar surface area (TPSA) is 32.3 Å². The minimum absolute atomic E-state index is 0.0256. The van der Waals surface area contributed by atoms with Crippen LogP contribution < -0.4 is 5.32 Å². The van der Waals surface area contributed by atoms with Crippen LogP contribution >= 0.6 is 11.8 Å². The predicted octanol–water partition coefficient (Wildman–Crippen LogP) is 3.13. The third kappa shape index (κ3) is 2.98. The standard InChI is InChI=1S/C14H20FNOS/c1-13(2)7-14(8-17,10-18-9-13)16-12-6-4-3-5-11(12)15/h3-6,16-17H,7-10H2,1-2H3. The number of nitrogens with one attached hydrogen (secondary N) is 1. The van der Waals surface area contributed by atoms with E-state index in [-0.39, 0.29) is 17.8 Å². The van der Waals surface area contributed by atoms with Gasteiger partial charge in [0.1, 0.15) is 5.82 Å². The highest BCUT2D eigenvalue weighted by molar-refractivity contribution is 7.99. The number of rotatable bonds is 3. The lowest BCUT2D eigenvalue weighted by molar-refractivity contribution is 0.174. The van der Waals surface area contributed by atoms with Crippen LogP contribution in [0.15, 0.2) is 24.3 Å². The molecule has 1 aromatic carbocycles. The SMILES string of the molecule is CC1(C)CSCC(CO)(Nc2ccccc2F)C1. The first-order chi connectivity index (χ1) is 8.46. The van der Waals surface area contributed by atoms with Crippen molar-refractivity contribution in [2.75, 3.05) is 23.4 Å². The molecule has 18 heavy (non-hydrogen) atoms. The Bertz CT molecular complexity index is 424. The smallest absolute Gasteiger partial charge is 0.146 e. The van der Waals surface area contributed by atoms with Crippen LogP contribution in [0.4, 0.5) is 10.1 Å². The molecule has 0 amide bonds. The van der Waals surface area contributed by atoms with E-state index >= 15 is 0 Å². The molecule has 1 atom stereocenters. The van der Waals surface area contributed by atoms with E-state index in [0.29, 0.717) is 5.69 Å². The molecule has 1 aromatic rings. The average molecular weight is 269 g/mol. The van der Waals surface area contributed by atoms with Crippen molar-refractivity contribution in [1.82, 2.24) is 0 Å². The number of hydrogen-bond acceptors (Lipinski definition) is 3. The summed E-state index contributed by atoms with van der Waals surface area (Å²) >= 11 is 1.81. The Morgan fingerprint density at radius 1 is 1.33 bits per heavy atom. The molecular formula is C14H20FNOS. The van der Waals surface area contributed by atoms with Crippen molar-refractivity contribution in [1.29, 1.82) is 0 Å². The molecule has 0 bridgehead atoms. The Morgan fingerprint density at radius 2 is 2.06 bits per heavy atom. The lowest BCUT2D eigenvalue weighted by Gasteiger charge is -2.44. The maximum atomic E-state index is 13.7. The van der Waals surface area contributed by atoms with E-state index in [2.05, 4.69) is 19.2 Å². The van der Waals surface area contributed by atoms with Crippen LogP contribution in [0.3, 0.4) is 0 Å². The third-order valence-electron chi connectivity index (χ3n) is 3.26. The highest BCUT2D eigenvalue weighted by Gasteiger charge is 2.40. The monoisotopic (exact) mass is 269 g/mol. The van der Waals surface area contributed by atoms with Crippen LogP contribution in [0, 0.1) is 11.2 Å². The van der Waals surface area contributed by atoms with Gasteiger partial charge in [-0.3, -0.25) is 0 Å². The van der Waals surface area contributed by atoms with Gasteiger partial charge in [0.2, 0.25) is 0 Å². The molecule has 4 heteroatoms. The van der Waals surface area contributed by atoms with Crippen molar-refractivity contribution in [3.05, 3.63) is 30.1 Å². The minimum atomic E-state index is -0.422. The van der Waals surface area contributed by atoms with Crippen molar-refractivity contribution in [2.45, 2.75) is 25.8 Å². The highest BCUT2D eigenvalue weighted by Crippen LogP contribution is 2.40. The molecule has 1 unspecified atom stereocenters. The summed E-state index contributed by atoms with van der Waals surface area (Å²) < 4.78 is 13.7. The lowest BCUT2D eigenvalue weighted by atomic mass is 9.80. The van der Waals surface area contributed by atoms with Crippen LogP contribution in [-0.2, 0) is 0 Å². The van der Waals surface area contributed by atoms with Gasteiger partial charge in [-0.25, -0.2) is 4.39 Å². The second-order valence-corrected chi connectivity index (χ2v) is 6.86. The lowest BCUT2D eigenvalue weighted by Crippen LogP contribution is -2.51. The Kier molecular flexibility index (Phi) is 3.87. The predicted molar refractivity (Wildman–Crippen MR) is 75.6 cm³/mol. The van der Waals surface area contributed by atoms with Gasteiger partial charge in [-0.15, -0.1) is 0 Å². The Hall–Kier alpha value is -0.740. The maximum absolute atomic E-state index is 13.7. The number of anilines is 1. The zero-order valence-electron chi connectivity index (χ0n) is 10.9. The van der Waals surface area contributed by atoms with E-state index in [9.17, 15) is 9.50 Å². The average Bonchev–Trinajstić information content (AvgIpc) is 2.31. The van der Waals surface area contributed by atoms with E-state index in [1.165, 1.54) is 6.07 Å². The number of benzene rings is 1. The highest BCUT2D eigenvalue weighted by atomic mass is 32.2. The number of aliphatic hydroxyl groups is 1. The number of thioether (sulfide) groups is 1. The Labute approximate surface area is 112 Å². The van der Waals surface area contributed by atoms with Gasteiger partial charge in [0, 0.05) is 5.75 Å². The molecule has 1 aliphatic rings. The molecule has 2 N–H and O–H groups in total. The van der Waals surface area contributed by atoms with E-state index in [0.717, 1.165) is 17.9 Å². The van der Waals surface area contributed by atoms with Crippen LogP contribution in [-0.4, -0.2) is 28.8 Å². The summed E-state index contributed by atoms with van der Waals surface area (Å²) in [5, 5.41) is 12.9.